The molecule has 0 saturated carbocycles. The first-order valence-electron chi connectivity index (χ1n) is 5.98. The lowest BCUT2D eigenvalue weighted by molar-refractivity contribution is 0.573. The van der Waals surface area contributed by atoms with E-state index in [9.17, 15) is 0 Å². The molecule has 4 heteroatoms. The molecule has 1 unspecified atom stereocenters. The molecule has 0 aliphatic carbocycles. The molecule has 0 radical (unpaired) electrons. The quantitative estimate of drug-likeness (QED) is 0.903. The molecule has 2 rings (SSSR count). The lowest BCUT2D eigenvalue weighted by Crippen LogP contribution is -2.17. The zero-order valence-corrected chi connectivity index (χ0v) is 13.2. The molecule has 0 aliphatic heterocycles. The van der Waals surface area contributed by atoms with Gasteiger partial charge in [-0.15, -0.1) is 11.3 Å². The molecular weight excluding hydrogens is 308 g/mol. The molecule has 1 aromatic heterocycles. The molecule has 0 bridgehead atoms. The highest BCUT2D eigenvalue weighted by atomic mass is 79.9. The summed E-state index contributed by atoms with van der Waals surface area (Å²) < 4.78 is 1.12. The Kier molecular flexibility index (Phi) is 4.54. The van der Waals surface area contributed by atoms with Crippen LogP contribution in [0.3, 0.4) is 0 Å². The number of rotatable bonds is 4. The highest BCUT2D eigenvalue weighted by molar-refractivity contribution is 9.10. The summed E-state index contributed by atoms with van der Waals surface area (Å²) in [5.41, 5.74) is 2.44. The fourth-order valence-corrected chi connectivity index (χ4v) is 2.87. The van der Waals surface area contributed by atoms with Crippen LogP contribution in [0.1, 0.15) is 34.1 Å². The highest BCUT2D eigenvalue weighted by Crippen LogP contribution is 2.19. The van der Waals surface area contributed by atoms with Crippen LogP contribution >= 0.6 is 27.3 Å². The number of nitrogens with zero attached hydrogens (tertiary/aromatic N) is 1. The van der Waals surface area contributed by atoms with Crippen molar-refractivity contribution < 1.29 is 0 Å². The van der Waals surface area contributed by atoms with E-state index >= 15 is 0 Å². The molecule has 2 nitrogen and oxygen atoms in total. The summed E-state index contributed by atoms with van der Waals surface area (Å²) in [7, 11) is 0. The van der Waals surface area contributed by atoms with Crippen molar-refractivity contribution in [1.82, 2.24) is 10.3 Å². The third-order valence-electron chi connectivity index (χ3n) is 3.00. The van der Waals surface area contributed by atoms with E-state index < -0.39 is 0 Å². The van der Waals surface area contributed by atoms with Gasteiger partial charge in [0.05, 0.1) is 5.69 Å². The van der Waals surface area contributed by atoms with Gasteiger partial charge >= 0.3 is 0 Å². The molecule has 0 saturated heterocycles. The average Bonchev–Trinajstić information content (AvgIpc) is 2.67. The van der Waals surface area contributed by atoms with Crippen molar-refractivity contribution in [3.05, 3.63) is 49.9 Å². The Labute approximate surface area is 121 Å². The van der Waals surface area contributed by atoms with Gasteiger partial charge in [-0.05, 0) is 38.5 Å². The Bertz CT molecular complexity index is 500. The first-order valence-corrected chi connectivity index (χ1v) is 7.59. The van der Waals surface area contributed by atoms with E-state index in [1.165, 1.54) is 10.4 Å². The van der Waals surface area contributed by atoms with Crippen LogP contribution in [-0.2, 0) is 6.54 Å². The zero-order chi connectivity index (χ0) is 13.1. The van der Waals surface area contributed by atoms with Crippen molar-refractivity contribution in [2.24, 2.45) is 0 Å². The largest absolute Gasteiger partial charge is 0.304 e. The summed E-state index contributed by atoms with van der Waals surface area (Å²) in [5.74, 6) is 0. The predicted octanol–water partition coefficient (Wildman–Crippen LogP) is 4.37. The van der Waals surface area contributed by atoms with Crippen molar-refractivity contribution in [1.29, 1.82) is 0 Å². The lowest BCUT2D eigenvalue weighted by atomic mass is 10.1. The first kappa shape index (κ1) is 13.7. The summed E-state index contributed by atoms with van der Waals surface area (Å²) in [5, 5.41) is 4.67. The molecule has 0 fully saturated rings. The molecule has 1 heterocycles. The van der Waals surface area contributed by atoms with E-state index in [0.29, 0.717) is 6.04 Å². The maximum Gasteiger partial charge on any atom is 0.107 e. The van der Waals surface area contributed by atoms with Crippen molar-refractivity contribution in [3.63, 3.8) is 0 Å². The summed E-state index contributed by atoms with van der Waals surface area (Å²) in [6.45, 7) is 7.19. The summed E-state index contributed by atoms with van der Waals surface area (Å²) in [6.07, 6.45) is 0. The van der Waals surface area contributed by atoms with Gasteiger partial charge in [0.2, 0.25) is 0 Å². The van der Waals surface area contributed by atoms with Crippen LogP contribution in [0.4, 0.5) is 0 Å². The van der Waals surface area contributed by atoms with Crippen LogP contribution < -0.4 is 5.32 Å². The topological polar surface area (TPSA) is 24.9 Å². The predicted molar refractivity (Wildman–Crippen MR) is 81.0 cm³/mol. The summed E-state index contributed by atoms with van der Waals surface area (Å²) >= 11 is 5.23. The molecule has 1 aromatic carbocycles. The molecule has 0 amide bonds. The van der Waals surface area contributed by atoms with Crippen molar-refractivity contribution in [2.75, 3.05) is 0 Å². The van der Waals surface area contributed by atoms with Gasteiger partial charge in [0, 0.05) is 21.9 Å². The van der Waals surface area contributed by atoms with E-state index in [0.717, 1.165) is 21.7 Å². The summed E-state index contributed by atoms with van der Waals surface area (Å²) in [4.78, 5) is 5.85. The average molecular weight is 325 g/mol. The second-order valence-electron chi connectivity index (χ2n) is 4.40. The van der Waals surface area contributed by atoms with Gasteiger partial charge in [-0.2, -0.15) is 0 Å². The van der Waals surface area contributed by atoms with E-state index in [-0.39, 0.29) is 0 Å². The number of benzene rings is 1. The minimum Gasteiger partial charge on any atom is -0.304 e. The molecule has 1 N–H and O–H groups in total. The van der Waals surface area contributed by atoms with Gasteiger partial charge in [0.15, 0.2) is 0 Å². The monoisotopic (exact) mass is 324 g/mol. The fraction of sp³-hybridized carbons (Fsp3) is 0.357. The van der Waals surface area contributed by atoms with Crippen molar-refractivity contribution in [2.45, 2.75) is 33.4 Å². The lowest BCUT2D eigenvalue weighted by Gasteiger charge is -2.13. The summed E-state index contributed by atoms with van der Waals surface area (Å²) in [6, 6.07) is 8.76. The minimum atomic E-state index is 0.336. The van der Waals surface area contributed by atoms with Crippen LogP contribution in [-0.4, -0.2) is 4.98 Å². The van der Waals surface area contributed by atoms with Gasteiger partial charge in [-0.25, -0.2) is 4.98 Å². The zero-order valence-electron chi connectivity index (χ0n) is 10.8. The standard InChI is InChI=1S/C14H17BrN2S/c1-9-11(3)18-14(17-9)8-16-10(2)12-4-6-13(15)7-5-12/h4-7,10,16H,8H2,1-3H3. The Morgan fingerprint density at radius 2 is 1.94 bits per heavy atom. The number of hydrogen-bond donors (Lipinski definition) is 1. The van der Waals surface area contributed by atoms with E-state index in [2.05, 4.69) is 71.3 Å². The number of nitrogens with one attached hydrogen (secondary N) is 1. The second-order valence-corrected chi connectivity index (χ2v) is 6.61. The smallest absolute Gasteiger partial charge is 0.107 e. The van der Waals surface area contributed by atoms with Gasteiger partial charge in [-0.1, -0.05) is 28.1 Å². The fourth-order valence-electron chi connectivity index (χ4n) is 1.72. The Balaban J connectivity index is 1.95. The maximum absolute atomic E-state index is 4.54. The van der Waals surface area contributed by atoms with Gasteiger partial charge in [0.1, 0.15) is 5.01 Å². The normalized spacial score (nSPS) is 12.7. The van der Waals surface area contributed by atoms with E-state index in [1.807, 2.05) is 0 Å². The molecule has 0 aliphatic rings. The molecule has 2 aromatic rings. The Morgan fingerprint density at radius 3 is 2.50 bits per heavy atom. The Hall–Kier alpha value is -0.710. The van der Waals surface area contributed by atoms with Crippen LogP contribution in [0.5, 0.6) is 0 Å². The van der Waals surface area contributed by atoms with Crippen LogP contribution in [0.2, 0.25) is 0 Å². The number of aromatic nitrogens is 1. The first-order chi connectivity index (χ1) is 8.56. The van der Waals surface area contributed by atoms with E-state index in [4.69, 9.17) is 0 Å². The number of thiazole rings is 1. The maximum atomic E-state index is 4.54. The van der Waals surface area contributed by atoms with Gasteiger partial charge in [-0.3, -0.25) is 0 Å². The third kappa shape index (κ3) is 3.40. The van der Waals surface area contributed by atoms with Gasteiger partial charge < -0.3 is 5.32 Å². The van der Waals surface area contributed by atoms with Crippen LogP contribution in [0.15, 0.2) is 28.7 Å². The van der Waals surface area contributed by atoms with Gasteiger partial charge in [0.25, 0.3) is 0 Å². The molecule has 0 spiro atoms. The van der Waals surface area contributed by atoms with E-state index in [1.54, 1.807) is 11.3 Å². The Morgan fingerprint density at radius 1 is 1.28 bits per heavy atom. The molecule has 18 heavy (non-hydrogen) atoms. The number of hydrogen-bond acceptors (Lipinski definition) is 3. The minimum absolute atomic E-state index is 0.336. The third-order valence-corrected chi connectivity index (χ3v) is 4.60. The van der Waals surface area contributed by atoms with Crippen molar-refractivity contribution >= 4 is 27.3 Å². The number of aryl methyl sites for hydroxylation is 2. The second kappa shape index (κ2) is 5.95. The molecule has 1 atom stereocenters. The molecule has 96 valence electrons. The highest BCUT2D eigenvalue weighted by Gasteiger charge is 2.07. The van der Waals surface area contributed by atoms with Crippen LogP contribution in [0, 0.1) is 13.8 Å². The van der Waals surface area contributed by atoms with Crippen LogP contribution in [0.25, 0.3) is 0 Å². The van der Waals surface area contributed by atoms with Crippen molar-refractivity contribution in [3.8, 4) is 0 Å². The SMILES string of the molecule is Cc1nc(CNC(C)c2ccc(Br)cc2)sc1C. The number of halogens is 1. The molecular formula is C14H17BrN2S.